The molecule has 0 fully saturated rings. The average Bonchev–Trinajstić information content (AvgIpc) is 3.09. The highest BCUT2D eigenvalue weighted by atomic mass is 16.3. The number of nitrogens with one attached hydrogen (secondary N) is 2. The van der Waals surface area contributed by atoms with E-state index < -0.39 is 42.1 Å². The number of amides is 3. The van der Waals surface area contributed by atoms with Gasteiger partial charge < -0.3 is 42.1 Å². The van der Waals surface area contributed by atoms with Gasteiger partial charge in [-0.1, -0.05) is 88.7 Å². The van der Waals surface area contributed by atoms with Crippen LogP contribution >= 0.6 is 0 Å². The minimum absolute atomic E-state index is 0.0622. The summed E-state index contributed by atoms with van der Waals surface area (Å²) >= 11 is 0. The van der Waals surface area contributed by atoms with Crippen LogP contribution in [0.4, 0.5) is 0 Å². The fourth-order valence-electron chi connectivity index (χ4n) is 6.45. The third-order valence-electron chi connectivity index (χ3n) is 9.02. The fourth-order valence-corrected chi connectivity index (χ4v) is 6.45. The quantitative estimate of drug-likeness (QED) is 0.108. The van der Waals surface area contributed by atoms with Gasteiger partial charge in [0.2, 0.25) is 17.7 Å². The minimum Gasteiger partial charge on any atom is -0.394 e. The maximum atomic E-state index is 14.7. The van der Waals surface area contributed by atoms with Crippen molar-refractivity contribution in [2.75, 3.05) is 26.4 Å². The van der Waals surface area contributed by atoms with Crippen LogP contribution in [0.25, 0.3) is 10.8 Å². The lowest BCUT2D eigenvalue weighted by molar-refractivity contribution is -0.145. The van der Waals surface area contributed by atoms with Gasteiger partial charge in [-0.2, -0.15) is 0 Å². The molecule has 1 aliphatic rings. The number of carbonyl (C=O) groups is 3. The topological polar surface area (TPSA) is 174 Å². The zero-order valence-corrected chi connectivity index (χ0v) is 30.3. The monoisotopic (exact) mass is 692 g/mol. The van der Waals surface area contributed by atoms with E-state index in [9.17, 15) is 24.6 Å². The summed E-state index contributed by atoms with van der Waals surface area (Å²) in [6.45, 7) is 9.00. The second kappa shape index (κ2) is 20.8. The Labute approximate surface area is 298 Å². The molecule has 3 rings (SSSR count). The number of nitrogens with zero attached hydrogens (tertiary/aromatic N) is 2. The van der Waals surface area contributed by atoms with E-state index in [4.69, 9.17) is 11.5 Å². The van der Waals surface area contributed by atoms with E-state index in [-0.39, 0.29) is 37.4 Å². The molecule has 0 saturated heterocycles. The van der Waals surface area contributed by atoms with Gasteiger partial charge in [-0.25, -0.2) is 0 Å². The molecule has 8 N–H and O–H groups in total. The van der Waals surface area contributed by atoms with Gasteiger partial charge >= 0.3 is 0 Å². The number of unbranched alkanes of at least 4 members (excludes halogenated alkanes) is 1. The molecule has 5 atom stereocenters. The van der Waals surface area contributed by atoms with E-state index in [1.807, 2.05) is 99.5 Å². The summed E-state index contributed by atoms with van der Waals surface area (Å²) in [6, 6.07) is 10.9. The fraction of sp³-hybridized carbons (Fsp3) is 0.564. The lowest BCUT2D eigenvalue weighted by Crippen LogP contribution is -2.59. The van der Waals surface area contributed by atoms with Crippen molar-refractivity contribution in [3.8, 4) is 0 Å². The van der Waals surface area contributed by atoms with E-state index in [2.05, 4.69) is 10.6 Å². The summed E-state index contributed by atoms with van der Waals surface area (Å²) in [5.41, 5.74) is 13.0. The zero-order valence-electron chi connectivity index (χ0n) is 30.3. The van der Waals surface area contributed by atoms with E-state index in [1.165, 1.54) is 0 Å². The predicted molar refractivity (Wildman–Crippen MR) is 200 cm³/mol. The van der Waals surface area contributed by atoms with Crippen LogP contribution in [0.1, 0.15) is 71.8 Å². The number of nitrogens with two attached hydrogens (primary N) is 2. The van der Waals surface area contributed by atoms with Crippen LogP contribution in [-0.4, -0.2) is 94.4 Å². The van der Waals surface area contributed by atoms with Gasteiger partial charge in [-0.3, -0.25) is 14.4 Å². The number of rotatable bonds is 21. The van der Waals surface area contributed by atoms with Gasteiger partial charge in [0, 0.05) is 12.7 Å². The van der Waals surface area contributed by atoms with Gasteiger partial charge in [0.25, 0.3) is 0 Å². The minimum atomic E-state index is -1.20. The summed E-state index contributed by atoms with van der Waals surface area (Å²) in [7, 11) is 0. The molecule has 0 saturated carbocycles. The van der Waals surface area contributed by atoms with E-state index in [0.29, 0.717) is 38.8 Å². The van der Waals surface area contributed by atoms with Crippen molar-refractivity contribution in [2.24, 2.45) is 23.3 Å². The maximum Gasteiger partial charge on any atom is 0.246 e. The molecule has 0 spiro atoms. The smallest absolute Gasteiger partial charge is 0.246 e. The van der Waals surface area contributed by atoms with Gasteiger partial charge in [0.15, 0.2) is 0 Å². The summed E-state index contributed by atoms with van der Waals surface area (Å²) in [6.07, 6.45) is 9.43. The van der Waals surface area contributed by atoms with Crippen molar-refractivity contribution >= 4 is 28.5 Å². The van der Waals surface area contributed by atoms with Crippen LogP contribution in [0, 0.1) is 11.8 Å². The number of aliphatic hydroxyl groups excluding tert-OH is 2. The molecule has 11 heteroatoms. The Morgan fingerprint density at radius 2 is 1.68 bits per heavy atom. The molecule has 0 radical (unpaired) electrons. The first kappa shape index (κ1) is 40.7. The first-order valence-electron chi connectivity index (χ1n) is 18.1. The highest BCUT2D eigenvalue weighted by Gasteiger charge is 2.37. The predicted octanol–water partition coefficient (Wildman–Crippen LogP) is 3.18. The van der Waals surface area contributed by atoms with Crippen LogP contribution in [0.3, 0.4) is 0 Å². The van der Waals surface area contributed by atoms with Crippen LogP contribution in [0.2, 0.25) is 0 Å². The second-order valence-corrected chi connectivity index (χ2v) is 14.3. The largest absolute Gasteiger partial charge is 0.394 e. The summed E-state index contributed by atoms with van der Waals surface area (Å²) in [5.74, 6) is -1.03. The first-order chi connectivity index (χ1) is 23.9. The Kier molecular flexibility index (Phi) is 16.9. The molecule has 1 heterocycles. The highest BCUT2D eigenvalue weighted by Crippen LogP contribution is 2.23. The summed E-state index contributed by atoms with van der Waals surface area (Å²) < 4.78 is 0. The molecular formula is C39H60N6O5. The number of fused-ring (bicyclic) bond motifs is 1. The van der Waals surface area contributed by atoms with Crippen LogP contribution in [-0.2, 0) is 20.8 Å². The number of hydrogen-bond acceptors (Lipinski definition) is 8. The standard InChI is InChI=1S/C39H60N6O5/c1-27(2)21-34(43-38(49)33(41)23-30-15-12-14-29-13-6-7-17-32(29)30)39(50)45(26-44-19-10-5-11-20-44)35(22-28(3)4)36(47)24-37(48)42-31(25-46)16-8-9-18-40/h5-7,10-15,17,19,27-28,31,33-36,46-47H,8-9,16,18,20-26,40-41H2,1-4H3,(H,42,48)(H,43,49)/t31-,33-,34-,35-,36-/m0/s1. The Bertz CT molecular complexity index is 1420. The Balaban J connectivity index is 1.86. The van der Waals surface area contributed by atoms with Gasteiger partial charge in [-0.05, 0) is 72.9 Å². The number of aliphatic hydroxyl groups is 2. The number of carbonyl (C=O) groups excluding carboxylic acids is 3. The van der Waals surface area contributed by atoms with Crippen LogP contribution in [0.15, 0.2) is 66.9 Å². The van der Waals surface area contributed by atoms with E-state index >= 15 is 0 Å². The molecule has 50 heavy (non-hydrogen) atoms. The molecule has 0 aliphatic carbocycles. The molecular weight excluding hydrogens is 632 g/mol. The normalized spacial score (nSPS) is 15.9. The number of hydrogen-bond donors (Lipinski definition) is 6. The maximum absolute atomic E-state index is 14.7. The molecule has 0 bridgehead atoms. The molecule has 1 aliphatic heterocycles. The number of allylic oxidation sites excluding steroid dienone is 2. The number of benzene rings is 2. The van der Waals surface area contributed by atoms with Crippen molar-refractivity contribution in [1.82, 2.24) is 20.4 Å². The Morgan fingerprint density at radius 1 is 0.960 bits per heavy atom. The van der Waals surface area contributed by atoms with Crippen LogP contribution in [0.5, 0.6) is 0 Å². The van der Waals surface area contributed by atoms with E-state index in [0.717, 1.165) is 29.2 Å². The molecule has 276 valence electrons. The van der Waals surface area contributed by atoms with Crippen molar-refractivity contribution in [3.05, 3.63) is 72.5 Å². The Morgan fingerprint density at radius 3 is 2.34 bits per heavy atom. The second-order valence-electron chi connectivity index (χ2n) is 14.3. The van der Waals surface area contributed by atoms with Crippen molar-refractivity contribution in [2.45, 2.75) is 103 Å². The summed E-state index contributed by atoms with van der Waals surface area (Å²) in [4.78, 5) is 45.1. The highest BCUT2D eigenvalue weighted by molar-refractivity contribution is 5.91. The average molecular weight is 693 g/mol. The molecule has 0 unspecified atom stereocenters. The van der Waals surface area contributed by atoms with Gasteiger partial charge in [0.1, 0.15) is 6.04 Å². The summed E-state index contributed by atoms with van der Waals surface area (Å²) in [5, 5.41) is 29.4. The lowest BCUT2D eigenvalue weighted by Gasteiger charge is -2.41. The van der Waals surface area contributed by atoms with Crippen molar-refractivity contribution in [3.63, 3.8) is 0 Å². The molecule has 2 aromatic rings. The molecule has 2 aromatic carbocycles. The van der Waals surface area contributed by atoms with E-state index in [1.54, 1.807) is 4.90 Å². The van der Waals surface area contributed by atoms with Gasteiger partial charge in [-0.15, -0.1) is 0 Å². The molecule has 3 amide bonds. The van der Waals surface area contributed by atoms with Crippen LogP contribution < -0.4 is 22.1 Å². The SMILES string of the molecule is CC(C)C[C@H](NC(=O)[C@@H](N)Cc1cccc2ccccc12)C(=O)N(CN1C=CC=CC1)[C@@H](CC(C)C)[C@@H](O)CC(=O)N[C@H](CO)CCCCN. The third kappa shape index (κ3) is 12.8. The lowest BCUT2D eigenvalue weighted by atomic mass is 9.93. The van der Waals surface area contributed by atoms with Gasteiger partial charge in [0.05, 0.1) is 43.9 Å². The third-order valence-corrected chi connectivity index (χ3v) is 9.02. The van der Waals surface area contributed by atoms with Crippen molar-refractivity contribution < 1.29 is 24.6 Å². The zero-order chi connectivity index (χ0) is 36.6. The molecule has 11 nitrogen and oxygen atoms in total. The molecule has 0 aromatic heterocycles. The van der Waals surface area contributed by atoms with Crippen molar-refractivity contribution in [1.29, 1.82) is 0 Å². The Hall–Kier alpha value is -3.77. The first-order valence-corrected chi connectivity index (χ1v) is 18.1.